The van der Waals surface area contributed by atoms with Crippen LogP contribution in [0.5, 0.6) is 0 Å². The Morgan fingerprint density at radius 3 is 1.22 bits per heavy atom. The van der Waals surface area contributed by atoms with Gasteiger partial charge in [0.25, 0.3) is 0 Å². The first kappa shape index (κ1) is 11.7. The predicted molar refractivity (Wildman–Crippen MR) is 42.6 cm³/mol. The fourth-order valence-electron chi connectivity index (χ4n) is 0.354. The van der Waals surface area contributed by atoms with Crippen LogP contribution >= 0.6 is 0 Å². The highest BCUT2D eigenvalue weighted by Crippen LogP contribution is 1.88. The fraction of sp³-hybridized carbons (Fsp3) is 1.00. The van der Waals surface area contributed by atoms with Gasteiger partial charge in [0.1, 0.15) is 0 Å². The van der Waals surface area contributed by atoms with Crippen LogP contribution in [0.15, 0.2) is 0 Å². The van der Waals surface area contributed by atoms with Crippen molar-refractivity contribution in [3.63, 3.8) is 0 Å². The van der Waals surface area contributed by atoms with Gasteiger partial charge in [-0.1, -0.05) is 40.0 Å². The third-order valence-corrected chi connectivity index (χ3v) is 0.931. The fourth-order valence-corrected chi connectivity index (χ4v) is 0.354. The van der Waals surface area contributed by atoms with Crippen LogP contribution in [0.2, 0.25) is 0 Å². The summed E-state index contributed by atoms with van der Waals surface area (Å²) >= 11 is 0. The Hall–Kier alpha value is -0.0400. The van der Waals surface area contributed by atoms with E-state index in [2.05, 4.69) is 13.8 Å². The zero-order chi connectivity index (χ0) is 7.54. The van der Waals surface area contributed by atoms with E-state index in [1.165, 1.54) is 19.3 Å². The zero-order valence-electron chi connectivity index (χ0n) is 6.98. The number of hydrogen-bond acceptors (Lipinski definition) is 1. The lowest BCUT2D eigenvalue weighted by Gasteiger charge is -1.79. The second-order valence-corrected chi connectivity index (χ2v) is 2.08. The summed E-state index contributed by atoms with van der Waals surface area (Å²) < 4.78 is 0. The lowest BCUT2D eigenvalue weighted by molar-refractivity contribution is 0.295. The molecule has 0 saturated heterocycles. The Balaban J connectivity index is 0. The van der Waals surface area contributed by atoms with Gasteiger partial charge < -0.3 is 5.11 Å². The van der Waals surface area contributed by atoms with E-state index in [1.807, 2.05) is 6.92 Å². The van der Waals surface area contributed by atoms with Gasteiger partial charge in [-0.15, -0.1) is 0 Å². The van der Waals surface area contributed by atoms with Crippen molar-refractivity contribution in [1.82, 2.24) is 0 Å². The van der Waals surface area contributed by atoms with Gasteiger partial charge in [-0.25, -0.2) is 0 Å². The second-order valence-electron chi connectivity index (χ2n) is 2.08. The monoisotopic (exact) mass is 132 g/mol. The van der Waals surface area contributed by atoms with E-state index in [0.29, 0.717) is 6.61 Å². The van der Waals surface area contributed by atoms with Crippen LogP contribution in [-0.2, 0) is 0 Å². The number of aliphatic hydroxyl groups is 1. The van der Waals surface area contributed by atoms with Crippen LogP contribution in [0.1, 0.15) is 46.5 Å². The Bertz CT molecular complexity index is 23.7. The molecular weight excluding hydrogens is 112 g/mol. The highest BCUT2D eigenvalue weighted by molar-refractivity contribution is 4.24. The van der Waals surface area contributed by atoms with Crippen molar-refractivity contribution < 1.29 is 5.11 Å². The van der Waals surface area contributed by atoms with Gasteiger partial charge in [0, 0.05) is 6.61 Å². The SMILES string of the molecule is CCCCC.CCCO. The van der Waals surface area contributed by atoms with E-state index in [1.54, 1.807) is 0 Å². The molecule has 0 rings (SSSR count). The molecule has 1 nitrogen and oxygen atoms in total. The molecule has 0 aliphatic carbocycles. The summed E-state index contributed by atoms with van der Waals surface area (Å²) in [5.74, 6) is 0. The molecule has 0 bridgehead atoms. The van der Waals surface area contributed by atoms with Crippen molar-refractivity contribution in [2.45, 2.75) is 46.5 Å². The highest BCUT2D eigenvalue weighted by atomic mass is 16.2. The summed E-state index contributed by atoms with van der Waals surface area (Å²) in [5.41, 5.74) is 0. The number of aliphatic hydroxyl groups excluding tert-OH is 1. The van der Waals surface area contributed by atoms with Gasteiger partial charge in [-0.05, 0) is 6.42 Å². The average Bonchev–Trinajstić information content (AvgIpc) is 1.91. The molecule has 0 aromatic heterocycles. The van der Waals surface area contributed by atoms with Crippen LogP contribution in [0.25, 0.3) is 0 Å². The van der Waals surface area contributed by atoms with Crippen molar-refractivity contribution in [2.24, 2.45) is 0 Å². The minimum absolute atomic E-state index is 0.319. The van der Waals surface area contributed by atoms with E-state index in [4.69, 9.17) is 5.11 Å². The minimum Gasteiger partial charge on any atom is -0.396 e. The van der Waals surface area contributed by atoms with Crippen LogP contribution in [-0.4, -0.2) is 11.7 Å². The van der Waals surface area contributed by atoms with Gasteiger partial charge in [0.2, 0.25) is 0 Å². The maximum Gasteiger partial charge on any atom is 0.0428 e. The summed E-state index contributed by atoms with van der Waals surface area (Å²) in [6.45, 7) is 6.67. The molecule has 1 N–H and O–H groups in total. The van der Waals surface area contributed by atoms with Crippen molar-refractivity contribution in [2.75, 3.05) is 6.61 Å². The van der Waals surface area contributed by atoms with Crippen LogP contribution in [0, 0.1) is 0 Å². The van der Waals surface area contributed by atoms with E-state index < -0.39 is 0 Å². The summed E-state index contributed by atoms with van der Waals surface area (Å²) in [6, 6.07) is 0. The first-order valence-electron chi connectivity index (χ1n) is 3.94. The third kappa shape index (κ3) is 32.3. The highest BCUT2D eigenvalue weighted by Gasteiger charge is 1.68. The Morgan fingerprint density at radius 2 is 1.22 bits per heavy atom. The number of unbranched alkanes of at least 4 members (excludes halogenated alkanes) is 2. The molecule has 0 amide bonds. The molecule has 0 aromatic carbocycles. The molecule has 0 heterocycles. The van der Waals surface area contributed by atoms with Gasteiger partial charge in [-0.2, -0.15) is 0 Å². The van der Waals surface area contributed by atoms with Crippen molar-refractivity contribution in [3.05, 3.63) is 0 Å². The Kier molecular flexibility index (Phi) is 20.4. The number of rotatable bonds is 3. The van der Waals surface area contributed by atoms with Crippen molar-refractivity contribution in [1.29, 1.82) is 0 Å². The molecule has 0 aromatic rings. The molecule has 0 spiro atoms. The van der Waals surface area contributed by atoms with Crippen molar-refractivity contribution in [3.8, 4) is 0 Å². The van der Waals surface area contributed by atoms with Crippen LogP contribution in [0.3, 0.4) is 0 Å². The number of hydrogen-bond donors (Lipinski definition) is 1. The Labute approximate surface area is 59.1 Å². The van der Waals surface area contributed by atoms with Gasteiger partial charge in [0.05, 0.1) is 0 Å². The normalized spacial score (nSPS) is 8.00. The summed E-state index contributed by atoms with van der Waals surface area (Å²) in [5, 5.41) is 7.88. The maximum atomic E-state index is 7.88. The molecule has 58 valence electrons. The predicted octanol–water partition coefficient (Wildman–Crippen LogP) is 2.59. The minimum atomic E-state index is 0.319. The smallest absolute Gasteiger partial charge is 0.0428 e. The average molecular weight is 132 g/mol. The maximum absolute atomic E-state index is 7.88. The molecule has 0 unspecified atom stereocenters. The molecule has 1 heteroatoms. The van der Waals surface area contributed by atoms with E-state index in [9.17, 15) is 0 Å². The molecule has 0 fully saturated rings. The lowest BCUT2D eigenvalue weighted by atomic mass is 10.3. The molecule has 0 saturated carbocycles. The first-order valence-corrected chi connectivity index (χ1v) is 3.94. The summed E-state index contributed by atoms with van der Waals surface area (Å²) in [7, 11) is 0. The zero-order valence-corrected chi connectivity index (χ0v) is 6.98. The molecule has 0 atom stereocenters. The third-order valence-electron chi connectivity index (χ3n) is 0.931. The van der Waals surface area contributed by atoms with Gasteiger partial charge in [0.15, 0.2) is 0 Å². The van der Waals surface area contributed by atoms with E-state index in [0.717, 1.165) is 6.42 Å². The molecule has 9 heavy (non-hydrogen) atoms. The van der Waals surface area contributed by atoms with E-state index in [-0.39, 0.29) is 0 Å². The second kappa shape index (κ2) is 15.7. The standard InChI is InChI=1S/C5H12.C3H8O/c1-3-5-4-2;1-2-3-4/h3-5H2,1-2H3;4H,2-3H2,1H3. The quantitative estimate of drug-likeness (QED) is 0.625. The lowest BCUT2D eigenvalue weighted by Crippen LogP contribution is -1.69. The largest absolute Gasteiger partial charge is 0.396 e. The molecule has 0 radical (unpaired) electrons. The van der Waals surface area contributed by atoms with E-state index >= 15 is 0 Å². The van der Waals surface area contributed by atoms with Crippen molar-refractivity contribution >= 4 is 0 Å². The van der Waals surface area contributed by atoms with Crippen LogP contribution in [0.4, 0.5) is 0 Å². The molecule has 0 aliphatic rings. The topological polar surface area (TPSA) is 20.2 Å². The van der Waals surface area contributed by atoms with Gasteiger partial charge >= 0.3 is 0 Å². The first-order chi connectivity index (χ1) is 4.33. The summed E-state index contributed by atoms with van der Waals surface area (Å²) in [6.07, 6.45) is 4.95. The molecular formula is C8H20O. The Morgan fingerprint density at radius 1 is 0.889 bits per heavy atom. The summed E-state index contributed by atoms with van der Waals surface area (Å²) in [4.78, 5) is 0. The van der Waals surface area contributed by atoms with Crippen LogP contribution < -0.4 is 0 Å². The molecule has 0 aliphatic heterocycles. The van der Waals surface area contributed by atoms with Gasteiger partial charge in [-0.3, -0.25) is 0 Å².